The van der Waals surface area contributed by atoms with E-state index in [2.05, 4.69) is 5.09 Å². The van der Waals surface area contributed by atoms with Crippen molar-refractivity contribution in [3.8, 4) is 5.75 Å². The molecule has 19 heavy (non-hydrogen) atoms. The second-order valence-corrected chi connectivity index (χ2v) is 6.44. The molecular weight excluding hydrogens is 264 g/mol. The van der Waals surface area contributed by atoms with Gasteiger partial charge in [0.05, 0.1) is 0 Å². The Labute approximate surface area is 111 Å². The van der Waals surface area contributed by atoms with Crippen LogP contribution in [0.1, 0.15) is 5.56 Å². The molecule has 0 aliphatic rings. The number of halogens is 1. The third-order valence-electron chi connectivity index (χ3n) is 2.49. The van der Waals surface area contributed by atoms with Crippen LogP contribution < -0.4 is 9.61 Å². The summed E-state index contributed by atoms with van der Waals surface area (Å²) in [6.07, 6.45) is 0. The number of hydrogen-bond acceptors (Lipinski definition) is 2. The van der Waals surface area contributed by atoms with E-state index in [0.717, 1.165) is 5.56 Å². The minimum atomic E-state index is -3.17. The molecule has 0 saturated heterocycles. The van der Waals surface area contributed by atoms with Gasteiger partial charge in [0.25, 0.3) is 0 Å². The lowest BCUT2D eigenvalue weighted by Crippen LogP contribution is -2.03. The van der Waals surface area contributed by atoms with E-state index >= 15 is 0 Å². The van der Waals surface area contributed by atoms with Gasteiger partial charge in [0, 0.05) is 12.4 Å². The van der Waals surface area contributed by atoms with E-state index in [1.165, 1.54) is 18.8 Å². The van der Waals surface area contributed by atoms with Crippen molar-refractivity contribution in [2.75, 3.05) is 11.8 Å². The van der Waals surface area contributed by atoms with Gasteiger partial charge in [-0.3, -0.25) is 4.57 Å². The fraction of sp³-hybridized carbons (Fsp3) is 0.143. The van der Waals surface area contributed by atoms with Crippen LogP contribution in [0.4, 0.5) is 10.1 Å². The summed E-state index contributed by atoms with van der Waals surface area (Å²) >= 11 is 0. The Morgan fingerprint density at radius 1 is 1.11 bits per heavy atom. The molecule has 1 N–H and O–H groups in total. The predicted molar refractivity (Wildman–Crippen MR) is 75.4 cm³/mol. The van der Waals surface area contributed by atoms with Gasteiger partial charge in [-0.05, 0) is 31.2 Å². The van der Waals surface area contributed by atoms with E-state index in [-0.39, 0.29) is 5.75 Å². The molecular formula is C14H15FNO2P. The number of nitrogens with one attached hydrogen (secondary N) is 1. The normalized spacial score (nSPS) is 13.6. The Hall–Kier alpha value is -1.80. The minimum absolute atomic E-state index is 0.0204. The van der Waals surface area contributed by atoms with Crippen LogP contribution in [0.3, 0.4) is 0 Å². The van der Waals surface area contributed by atoms with Crippen LogP contribution in [0.25, 0.3) is 0 Å². The molecule has 0 saturated carbocycles. The Bertz CT molecular complexity index is 613. The Balaban J connectivity index is 2.13. The van der Waals surface area contributed by atoms with Crippen LogP contribution in [0.5, 0.6) is 5.75 Å². The van der Waals surface area contributed by atoms with E-state index in [1.54, 1.807) is 24.3 Å². The van der Waals surface area contributed by atoms with Crippen LogP contribution in [-0.2, 0) is 4.57 Å². The van der Waals surface area contributed by atoms with Crippen molar-refractivity contribution in [2.24, 2.45) is 0 Å². The fourth-order valence-electron chi connectivity index (χ4n) is 1.59. The molecule has 5 heteroatoms. The number of rotatable bonds is 4. The van der Waals surface area contributed by atoms with Gasteiger partial charge in [0.1, 0.15) is 0 Å². The molecule has 0 heterocycles. The lowest BCUT2D eigenvalue weighted by molar-refractivity contribution is 0.468. The van der Waals surface area contributed by atoms with Crippen molar-refractivity contribution in [3.63, 3.8) is 0 Å². The van der Waals surface area contributed by atoms with Crippen molar-refractivity contribution >= 4 is 13.2 Å². The molecule has 1 atom stereocenters. The van der Waals surface area contributed by atoms with Gasteiger partial charge < -0.3 is 9.61 Å². The van der Waals surface area contributed by atoms with E-state index in [1.807, 2.05) is 19.1 Å². The van der Waals surface area contributed by atoms with Gasteiger partial charge in [-0.25, -0.2) is 4.39 Å². The monoisotopic (exact) mass is 279 g/mol. The molecule has 0 fully saturated rings. The van der Waals surface area contributed by atoms with Gasteiger partial charge in [0.15, 0.2) is 11.6 Å². The summed E-state index contributed by atoms with van der Waals surface area (Å²) in [6, 6.07) is 13.3. The molecule has 0 spiro atoms. The Morgan fingerprint density at radius 3 is 2.37 bits per heavy atom. The summed E-state index contributed by atoms with van der Waals surface area (Å²) in [4.78, 5) is 0. The standard InChI is InChI=1S/C14H15FNO2P/c1-11-7-9-12(10-8-11)16-19(2,17)18-14-6-4-3-5-13(14)15/h3-10H,1-2H3,(H,16,17)/t19-/m1/s1. The van der Waals surface area contributed by atoms with Crippen LogP contribution >= 0.6 is 7.52 Å². The fourth-order valence-corrected chi connectivity index (χ4v) is 2.78. The SMILES string of the molecule is Cc1ccc(N[P@](C)(=O)Oc2ccccc2F)cc1. The smallest absolute Gasteiger partial charge is 0.338 e. The highest BCUT2D eigenvalue weighted by atomic mass is 31.2. The van der Waals surface area contributed by atoms with E-state index < -0.39 is 13.3 Å². The molecule has 0 unspecified atom stereocenters. The number of para-hydroxylation sites is 1. The summed E-state index contributed by atoms with van der Waals surface area (Å²) in [7, 11) is -3.17. The molecule has 0 aliphatic heterocycles. The van der Waals surface area contributed by atoms with Crippen LogP contribution in [-0.4, -0.2) is 6.66 Å². The predicted octanol–water partition coefficient (Wildman–Crippen LogP) is 4.45. The molecule has 0 bridgehead atoms. The first kappa shape index (κ1) is 13.6. The van der Waals surface area contributed by atoms with Gasteiger partial charge >= 0.3 is 7.52 Å². The highest BCUT2D eigenvalue weighted by Gasteiger charge is 2.19. The average Bonchev–Trinajstić information content (AvgIpc) is 2.35. The zero-order valence-corrected chi connectivity index (χ0v) is 11.7. The summed E-state index contributed by atoms with van der Waals surface area (Å²) in [6.45, 7) is 3.38. The maximum Gasteiger partial charge on any atom is 0.338 e. The molecule has 3 nitrogen and oxygen atoms in total. The number of anilines is 1. The summed E-state index contributed by atoms with van der Waals surface area (Å²) in [5, 5.41) is 2.79. The Kier molecular flexibility index (Phi) is 3.91. The second-order valence-electron chi connectivity index (χ2n) is 4.35. The topological polar surface area (TPSA) is 38.3 Å². The van der Waals surface area contributed by atoms with E-state index in [0.29, 0.717) is 5.69 Å². The molecule has 0 radical (unpaired) electrons. The summed E-state index contributed by atoms with van der Waals surface area (Å²) in [5.74, 6) is -0.553. The van der Waals surface area contributed by atoms with E-state index in [4.69, 9.17) is 4.52 Å². The van der Waals surface area contributed by atoms with Gasteiger partial charge in [0.2, 0.25) is 0 Å². The Morgan fingerprint density at radius 2 is 1.74 bits per heavy atom. The average molecular weight is 279 g/mol. The van der Waals surface area contributed by atoms with Gasteiger partial charge in [-0.1, -0.05) is 29.8 Å². The number of benzene rings is 2. The van der Waals surface area contributed by atoms with Crippen LogP contribution in [0.2, 0.25) is 0 Å². The molecule has 0 aromatic heterocycles. The molecule has 2 aromatic carbocycles. The van der Waals surface area contributed by atoms with Crippen molar-refractivity contribution in [2.45, 2.75) is 6.92 Å². The zero-order chi connectivity index (χ0) is 13.9. The van der Waals surface area contributed by atoms with Crippen LogP contribution in [0, 0.1) is 12.7 Å². The first-order valence-electron chi connectivity index (χ1n) is 5.83. The summed E-state index contributed by atoms with van der Waals surface area (Å²) < 4.78 is 31.0. The third-order valence-corrected chi connectivity index (χ3v) is 3.70. The molecule has 100 valence electrons. The van der Waals surface area contributed by atoms with Gasteiger partial charge in [-0.2, -0.15) is 0 Å². The largest absolute Gasteiger partial charge is 0.426 e. The molecule has 0 amide bonds. The minimum Gasteiger partial charge on any atom is -0.426 e. The molecule has 0 aliphatic carbocycles. The maximum absolute atomic E-state index is 13.4. The number of aryl methyl sites for hydroxylation is 1. The van der Waals surface area contributed by atoms with Gasteiger partial charge in [-0.15, -0.1) is 0 Å². The highest BCUT2D eigenvalue weighted by Crippen LogP contribution is 2.43. The summed E-state index contributed by atoms with van der Waals surface area (Å²) in [5.41, 5.74) is 1.78. The second kappa shape index (κ2) is 5.45. The van der Waals surface area contributed by atoms with E-state index in [9.17, 15) is 8.96 Å². The maximum atomic E-state index is 13.4. The highest BCUT2D eigenvalue weighted by molar-refractivity contribution is 7.60. The molecule has 2 rings (SSSR count). The quantitative estimate of drug-likeness (QED) is 0.840. The molecule has 2 aromatic rings. The van der Waals surface area contributed by atoms with Crippen molar-refractivity contribution in [3.05, 3.63) is 59.9 Å². The first-order chi connectivity index (χ1) is 8.96. The lowest BCUT2D eigenvalue weighted by atomic mass is 10.2. The lowest BCUT2D eigenvalue weighted by Gasteiger charge is -2.17. The van der Waals surface area contributed by atoms with Crippen molar-refractivity contribution in [1.29, 1.82) is 0 Å². The van der Waals surface area contributed by atoms with Crippen LogP contribution in [0.15, 0.2) is 48.5 Å². The zero-order valence-electron chi connectivity index (χ0n) is 10.8. The van der Waals surface area contributed by atoms with Crippen molar-refractivity contribution < 1.29 is 13.5 Å². The number of hydrogen-bond donors (Lipinski definition) is 1. The van der Waals surface area contributed by atoms with Crippen molar-refractivity contribution in [1.82, 2.24) is 0 Å². The third kappa shape index (κ3) is 3.83. The first-order valence-corrected chi connectivity index (χ1v) is 7.90.